The minimum Gasteiger partial charge on any atom is -0.326 e. The van der Waals surface area contributed by atoms with Crippen LogP contribution in [0.25, 0.3) is 0 Å². The van der Waals surface area contributed by atoms with Gasteiger partial charge in [-0.05, 0) is 42.7 Å². The number of benzene rings is 1. The number of aryl methyl sites for hydroxylation is 2. The first kappa shape index (κ1) is 14.2. The fourth-order valence-corrected chi connectivity index (χ4v) is 2.19. The van der Waals surface area contributed by atoms with Crippen LogP contribution in [0.3, 0.4) is 0 Å². The second kappa shape index (κ2) is 6.30. The van der Waals surface area contributed by atoms with E-state index in [1.807, 2.05) is 50.2 Å². The van der Waals surface area contributed by atoms with Gasteiger partial charge in [-0.1, -0.05) is 24.3 Å². The summed E-state index contributed by atoms with van der Waals surface area (Å²) in [6.45, 7) is 4.33. The Bertz CT molecular complexity index is 603. The second-order valence-corrected chi connectivity index (χ2v) is 4.87. The van der Waals surface area contributed by atoms with Crippen LogP contribution in [-0.4, -0.2) is 10.9 Å². The number of carbonyl (C=O) groups excluding carboxylic acids is 1. The number of pyridine rings is 1. The van der Waals surface area contributed by atoms with Crippen LogP contribution in [0.2, 0.25) is 0 Å². The minimum absolute atomic E-state index is 0.0802. The monoisotopic (exact) mass is 269 g/mol. The predicted octanol–water partition coefficient (Wildman–Crippen LogP) is 2.34. The SMILES string of the molecule is Cc1cc(C)nc(NC(=O)Cc2ccccc2CN)c1. The van der Waals surface area contributed by atoms with Crippen molar-refractivity contribution in [2.75, 3.05) is 5.32 Å². The molecule has 0 radical (unpaired) electrons. The quantitative estimate of drug-likeness (QED) is 0.895. The van der Waals surface area contributed by atoms with E-state index < -0.39 is 0 Å². The van der Waals surface area contributed by atoms with Gasteiger partial charge in [-0.2, -0.15) is 0 Å². The molecule has 0 saturated carbocycles. The maximum Gasteiger partial charge on any atom is 0.229 e. The number of hydrogen-bond acceptors (Lipinski definition) is 3. The normalized spacial score (nSPS) is 10.3. The molecule has 3 N–H and O–H groups in total. The van der Waals surface area contributed by atoms with Crippen LogP contribution in [0, 0.1) is 13.8 Å². The van der Waals surface area contributed by atoms with Gasteiger partial charge < -0.3 is 11.1 Å². The molecule has 1 heterocycles. The van der Waals surface area contributed by atoms with Crippen molar-refractivity contribution < 1.29 is 4.79 Å². The van der Waals surface area contributed by atoms with Crippen LogP contribution in [0.5, 0.6) is 0 Å². The van der Waals surface area contributed by atoms with Gasteiger partial charge in [-0.3, -0.25) is 4.79 Å². The van der Waals surface area contributed by atoms with Crippen molar-refractivity contribution in [3.63, 3.8) is 0 Å². The summed E-state index contributed by atoms with van der Waals surface area (Å²) in [5.74, 6) is 0.515. The molecule has 2 rings (SSSR count). The number of nitrogens with two attached hydrogens (primary N) is 1. The summed E-state index contributed by atoms with van der Waals surface area (Å²) >= 11 is 0. The summed E-state index contributed by atoms with van der Waals surface area (Å²) in [5, 5.41) is 2.83. The Labute approximate surface area is 119 Å². The van der Waals surface area contributed by atoms with Crippen LogP contribution in [0.4, 0.5) is 5.82 Å². The Morgan fingerprint density at radius 3 is 2.55 bits per heavy atom. The molecule has 2 aromatic rings. The lowest BCUT2D eigenvalue weighted by molar-refractivity contribution is -0.115. The van der Waals surface area contributed by atoms with Crippen LogP contribution in [0.1, 0.15) is 22.4 Å². The Morgan fingerprint density at radius 1 is 1.20 bits per heavy atom. The van der Waals surface area contributed by atoms with Crippen molar-refractivity contribution in [3.8, 4) is 0 Å². The average molecular weight is 269 g/mol. The molecule has 0 unspecified atom stereocenters. The minimum atomic E-state index is -0.0802. The third-order valence-corrected chi connectivity index (χ3v) is 3.05. The third-order valence-electron chi connectivity index (χ3n) is 3.05. The zero-order chi connectivity index (χ0) is 14.5. The maximum atomic E-state index is 12.1. The molecule has 20 heavy (non-hydrogen) atoms. The average Bonchev–Trinajstić information content (AvgIpc) is 2.37. The molecule has 1 aromatic carbocycles. The van der Waals surface area contributed by atoms with Crippen LogP contribution >= 0.6 is 0 Å². The number of nitrogens with one attached hydrogen (secondary N) is 1. The van der Waals surface area contributed by atoms with Crippen molar-refractivity contribution in [1.29, 1.82) is 0 Å². The Morgan fingerprint density at radius 2 is 1.90 bits per heavy atom. The molecule has 0 fully saturated rings. The van der Waals surface area contributed by atoms with E-state index in [1.54, 1.807) is 0 Å². The molecular formula is C16H19N3O. The molecular weight excluding hydrogens is 250 g/mol. The van der Waals surface area contributed by atoms with E-state index in [4.69, 9.17) is 5.73 Å². The lowest BCUT2D eigenvalue weighted by Crippen LogP contribution is -2.17. The largest absolute Gasteiger partial charge is 0.326 e. The molecule has 0 aliphatic carbocycles. The zero-order valence-electron chi connectivity index (χ0n) is 11.8. The molecule has 0 aliphatic rings. The maximum absolute atomic E-state index is 12.1. The molecule has 1 amide bonds. The zero-order valence-corrected chi connectivity index (χ0v) is 11.8. The fraction of sp³-hybridized carbons (Fsp3) is 0.250. The Kier molecular flexibility index (Phi) is 4.48. The van der Waals surface area contributed by atoms with Crippen molar-refractivity contribution in [2.24, 2.45) is 5.73 Å². The first-order chi connectivity index (χ1) is 9.58. The van der Waals surface area contributed by atoms with Gasteiger partial charge in [0.05, 0.1) is 6.42 Å². The van der Waals surface area contributed by atoms with Gasteiger partial charge in [0.1, 0.15) is 5.82 Å². The number of anilines is 1. The highest BCUT2D eigenvalue weighted by molar-refractivity contribution is 5.91. The van der Waals surface area contributed by atoms with Crippen LogP contribution in [-0.2, 0) is 17.8 Å². The first-order valence-corrected chi connectivity index (χ1v) is 6.60. The number of rotatable bonds is 4. The van der Waals surface area contributed by atoms with E-state index in [1.165, 1.54) is 0 Å². The summed E-state index contributed by atoms with van der Waals surface area (Å²) in [4.78, 5) is 16.4. The molecule has 1 aromatic heterocycles. The van der Waals surface area contributed by atoms with Crippen molar-refractivity contribution in [3.05, 3.63) is 58.8 Å². The lowest BCUT2D eigenvalue weighted by atomic mass is 10.0. The summed E-state index contributed by atoms with van der Waals surface area (Å²) in [5.41, 5.74) is 9.60. The highest BCUT2D eigenvalue weighted by Crippen LogP contribution is 2.12. The highest BCUT2D eigenvalue weighted by atomic mass is 16.1. The molecule has 0 spiro atoms. The van der Waals surface area contributed by atoms with Crippen molar-refractivity contribution >= 4 is 11.7 Å². The topological polar surface area (TPSA) is 68.0 Å². The van der Waals surface area contributed by atoms with E-state index in [0.29, 0.717) is 18.8 Å². The van der Waals surface area contributed by atoms with E-state index in [0.717, 1.165) is 22.4 Å². The molecule has 4 nitrogen and oxygen atoms in total. The Balaban J connectivity index is 2.09. The predicted molar refractivity (Wildman–Crippen MR) is 80.4 cm³/mol. The lowest BCUT2D eigenvalue weighted by Gasteiger charge is -2.09. The number of aromatic nitrogens is 1. The molecule has 0 saturated heterocycles. The standard InChI is InChI=1S/C16H19N3O/c1-11-7-12(2)18-15(8-11)19-16(20)9-13-5-3-4-6-14(13)10-17/h3-8H,9-10,17H2,1-2H3,(H,18,19,20). The number of amides is 1. The number of carbonyl (C=O) groups is 1. The number of hydrogen-bond donors (Lipinski definition) is 2. The Hall–Kier alpha value is -2.20. The highest BCUT2D eigenvalue weighted by Gasteiger charge is 2.08. The summed E-state index contributed by atoms with van der Waals surface area (Å²) in [6.07, 6.45) is 0.308. The summed E-state index contributed by atoms with van der Waals surface area (Å²) in [7, 11) is 0. The van der Waals surface area contributed by atoms with E-state index >= 15 is 0 Å². The summed E-state index contributed by atoms with van der Waals surface area (Å²) in [6, 6.07) is 11.5. The molecule has 4 heteroatoms. The molecule has 0 atom stereocenters. The summed E-state index contributed by atoms with van der Waals surface area (Å²) < 4.78 is 0. The van der Waals surface area contributed by atoms with Gasteiger partial charge in [-0.15, -0.1) is 0 Å². The molecule has 0 aliphatic heterocycles. The van der Waals surface area contributed by atoms with Gasteiger partial charge in [-0.25, -0.2) is 4.98 Å². The van der Waals surface area contributed by atoms with E-state index in [9.17, 15) is 4.79 Å². The van der Waals surface area contributed by atoms with Gasteiger partial charge in [0.15, 0.2) is 0 Å². The van der Waals surface area contributed by atoms with Crippen molar-refractivity contribution in [1.82, 2.24) is 4.98 Å². The van der Waals surface area contributed by atoms with Crippen molar-refractivity contribution in [2.45, 2.75) is 26.8 Å². The smallest absolute Gasteiger partial charge is 0.229 e. The van der Waals surface area contributed by atoms with Gasteiger partial charge in [0.25, 0.3) is 0 Å². The van der Waals surface area contributed by atoms with E-state index in [2.05, 4.69) is 10.3 Å². The second-order valence-electron chi connectivity index (χ2n) is 4.87. The fourth-order valence-electron chi connectivity index (χ4n) is 2.19. The van der Waals surface area contributed by atoms with Gasteiger partial charge >= 0.3 is 0 Å². The third kappa shape index (κ3) is 3.65. The van der Waals surface area contributed by atoms with Gasteiger partial charge in [0.2, 0.25) is 5.91 Å². The van der Waals surface area contributed by atoms with Crippen LogP contribution in [0.15, 0.2) is 36.4 Å². The first-order valence-electron chi connectivity index (χ1n) is 6.60. The number of nitrogens with zero attached hydrogens (tertiary/aromatic N) is 1. The van der Waals surface area contributed by atoms with Crippen LogP contribution < -0.4 is 11.1 Å². The van der Waals surface area contributed by atoms with E-state index in [-0.39, 0.29) is 5.91 Å². The van der Waals surface area contributed by atoms with Gasteiger partial charge in [0, 0.05) is 12.2 Å². The molecule has 0 bridgehead atoms. The molecule has 104 valence electrons.